The minimum atomic E-state index is -0.842. The number of aliphatic carboxylic acids is 1. The molecular weight excluding hydrogens is 246 g/mol. The summed E-state index contributed by atoms with van der Waals surface area (Å²) in [6.07, 6.45) is 1.07. The van der Waals surface area contributed by atoms with Gasteiger partial charge in [-0.2, -0.15) is 0 Å². The number of ether oxygens (including phenoxy) is 1. The summed E-state index contributed by atoms with van der Waals surface area (Å²) < 4.78 is 5.17. The Bertz CT molecular complexity index is 496. The van der Waals surface area contributed by atoms with Crippen molar-refractivity contribution in [2.24, 2.45) is 5.11 Å². The Balaban J connectivity index is 2.83. The lowest BCUT2D eigenvalue weighted by atomic mass is 9.99. The zero-order chi connectivity index (χ0) is 14.3. The van der Waals surface area contributed by atoms with E-state index in [1.165, 1.54) is 0 Å². The van der Waals surface area contributed by atoms with Crippen LogP contribution >= 0.6 is 0 Å². The van der Waals surface area contributed by atoms with Crippen molar-refractivity contribution >= 4 is 5.97 Å². The summed E-state index contributed by atoms with van der Waals surface area (Å²) in [6, 6.07) is 5.22. The van der Waals surface area contributed by atoms with Gasteiger partial charge in [-0.05, 0) is 42.5 Å². The molecule has 0 aliphatic carbocycles. The van der Waals surface area contributed by atoms with E-state index >= 15 is 0 Å². The van der Waals surface area contributed by atoms with Gasteiger partial charge in [-0.25, -0.2) is 0 Å². The van der Waals surface area contributed by atoms with E-state index in [1.54, 1.807) is 7.11 Å². The highest BCUT2D eigenvalue weighted by atomic mass is 16.5. The Hall–Kier alpha value is -2.20. The van der Waals surface area contributed by atoms with Crippen LogP contribution in [0.4, 0.5) is 0 Å². The van der Waals surface area contributed by atoms with Gasteiger partial charge in [-0.1, -0.05) is 17.2 Å². The Morgan fingerprint density at radius 1 is 1.58 bits per heavy atom. The molecule has 1 rings (SSSR count). The lowest BCUT2D eigenvalue weighted by Crippen LogP contribution is -2.00. The van der Waals surface area contributed by atoms with Gasteiger partial charge in [0, 0.05) is 11.3 Å². The van der Waals surface area contributed by atoms with E-state index in [9.17, 15) is 4.79 Å². The van der Waals surface area contributed by atoms with Crippen molar-refractivity contribution in [2.45, 2.75) is 32.2 Å². The molecule has 0 saturated carbocycles. The molecule has 1 unspecified atom stereocenters. The standard InChI is InChI=1S/C13H17N3O3/c1-9-8-10(6-7-12(9)19-2)11(15-16-14)4-3-5-13(17)18/h6-8,11H,3-5H2,1-2H3,(H,17,18). The average molecular weight is 263 g/mol. The maximum absolute atomic E-state index is 10.5. The summed E-state index contributed by atoms with van der Waals surface area (Å²) in [5.74, 6) is -0.0698. The van der Waals surface area contributed by atoms with Crippen LogP contribution in [0.1, 0.15) is 36.4 Å². The third kappa shape index (κ3) is 4.52. The molecule has 0 fully saturated rings. The molecule has 6 heteroatoms. The van der Waals surface area contributed by atoms with Crippen molar-refractivity contribution in [2.75, 3.05) is 7.11 Å². The van der Waals surface area contributed by atoms with Crippen LogP contribution in [0.15, 0.2) is 23.3 Å². The van der Waals surface area contributed by atoms with Gasteiger partial charge in [0.2, 0.25) is 0 Å². The molecule has 0 heterocycles. The van der Waals surface area contributed by atoms with Crippen LogP contribution in [0.25, 0.3) is 10.4 Å². The molecule has 1 atom stereocenters. The zero-order valence-electron chi connectivity index (χ0n) is 11.0. The van der Waals surface area contributed by atoms with Crippen LogP contribution in [0.3, 0.4) is 0 Å². The predicted molar refractivity (Wildman–Crippen MR) is 71.1 cm³/mol. The zero-order valence-corrected chi connectivity index (χ0v) is 11.0. The smallest absolute Gasteiger partial charge is 0.303 e. The molecular formula is C13H17N3O3. The summed E-state index contributed by atoms with van der Waals surface area (Å²) in [6.45, 7) is 1.91. The second-order valence-corrected chi connectivity index (χ2v) is 4.24. The van der Waals surface area contributed by atoms with E-state index in [0.29, 0.717) is 12.8 Å². The molecule has 1 aromatic carbocycles. The summed E-state index contributed by atoms with van der Waals surface area (Å²) in [5, 5.41) is 12.4. The molecule has 0 radical (unpaired) electrons. The Morgan fingerprint density at radius 3 is 2.84 bits per heavy atom. The number of aryl methyl sites for hydroxylation is 1. The normalized spacial score (nSPS) is 11.5. The van der Waals surface area contributed by atoms with E-state index in [-0.39, 0.29) is 12.5 Å². The number of benzene rings is 1. The van der Waals surface area contributed by atoms with Gasteiger partial charge in [-0.3, -0.25) is 4.79 Å². The third-order valence-electron chi connectivity index (χ3n) is 2.86. The highest BCUT2D eigenvalue weighted by Gasteiger charge is 2.12. The van der Waals surface area contributed by atoms with Gasteiger partial charge in [0.1, 0.15) is 5.75 Å². The summed E-state index contributed by atoms with van der Waals surface area (Å²) in [5.41, 5.74) is 10.4. The van der Waals surface area contributed by atoms with E-state index in [1.807, 2.05) is 25.1 Å². The van der Waals surface area contributed by atoms with E-state index in [4.69, 9.17) is 15.4 Å². The van der Waals surface area contributed by atoms with Crippen molar-refractivity contribution < 1.29 is 14.6 Å². The number of hydrogen-bond donors (Lipinski definition) is 1. The van der Waals surface area contributed by atoms with Crippen LogP contribution in [0.2, 0.25) is 0 Å². The van der Waals surface area contributed by atoms with Crippen molar-refractivity contribution in [3.8, 4) is 5.75 Å². The highest BCUT2D eigenvalue weighted by molar-refractivity contribution is 5.66. The van der Waals surface area contributed by atoms with Crippen molar-refractivity contribution in [1.82, 2.24) is 0 Å². The molecule has 0 aliphatic rings. The molecule has 0 bridgehead atoms. The van der Waals surface area contributed by atoms with Crippen LogP contribution in [0, 0.1) is 6.92 Å². The number of methoxy groups -OCH3 is 1. The molecule has 0 aliphatic heterocycles. The number of hydrogen-bond acceptors (Lipinski definition) is 3. The SMILES string of the molecule is COc1ccc(C(CCCC(=O)O)N=[N+]=[N-])cc1C. The molecule has 0 saturated heterocycles. The van der Waals surface area contributed by atoms with Gasteiger partial charge < -0.3 is 9.84 Å². The van der Waals surface area contributed by atoms with Crippen molar-refractivity contribution in [3.63, 3.8) is 0 Å². The van der Waals surface area contributed by atoms with Crippen molar-refractivity contribution in [3.05, 3.63) is 39.8 Å². The molecule has 6 nitrogen and oxygen atoms in total. The Kier molecular flexibility index (Phi) is 5.70. The van der Waals surface area contributed by atoms with E-state index < -0.39 is 5.97 Å². The van der Waals surface area contributed by atoms with Gasteiger partial charge in [0.25, 0.3) is 0 Å². The monoisotopic (exact) mass is 263 g/mol. The topological polar surface area (TPSA) is 95.3 Å². The molecule has 1 N–H and O–H groups in total. The number of azide groups is 1. The van der Waals surface area contributed by atoms with Gasteiger partial charge >= 0.3 is 5.97 Å². The van der Waals surface area contributed by atoms with Crippen LogP contribution in [-0.2, 0) is 4.79 Å². The number of carbonyl (C=O) groups is 1. The lowest BCUT2D eigenvalue weighted by Gasteiger charge is -2.13. The first-order chi connectivity index (χ1) is 9.08. The number of carboxylic acids is 1. The molecule has 0 aromatic heterocycles. The quantitative estimate of drug-likeness (QED) is 0.462. The second kappa shape index (κ2) is 7.28. The summed E-state index contributed by atoms with van der Waals surface area (Å²) in [4.78, 5) is 13.3. The fourth-order valence-corrected chi connectivity index (χ4v) is 1.91. The molecule has 0 amide bonds. The Labute approximate surface area is 111 Å². The van der Waals surface area contributed by atoms with Gasteiger partial charge in [0.05, 0.1) is 13.2 Å². The number of carboxylic acid groups (broad SMARTS) is 1. The van der Waals surface area contributed by atoms with Crippen molar-refractivity contribution in [1.29, 1.82) is 0 Å². The third-order valence-corrected chi connectivity index (χ3v) is 2.86. The number of nitrogens with zero attached hydrogens (tertiary/aromatic N) is 3. The van der Waals surface area contributed by atoms with Crippen LogP contribution < -0.4 is 4.74 Å². The molecule has 0 spiro atoms. The van der Waals surface area contributed by atoms with E-state index in [2.05, 4.69) is 10.0 Å². The molecule has 1 aromatic rings. The minimum Gasteiger partial charge on any atom is -0.496 e. The second-order valence-electron chi connectivity index (χ2n) is 4.24. The Morgan fingerprint density at radius 2 is 2.32 bits per heavy atom. The number of rotatable bonds is 7. The maximum Gasteiger partial charge on any atom is 0.303 e. The minimum absolute atomic E-state index is 0.0760. The maximum atomic E-state index is 10.5. The van der Waals surface area contributed by atoms with Gasteiger partial charge in [0.15, 0.2) is 0 Å². The molecule has 19 heavy (non-hydrogen) atoms. The lowest BCUT2D eigenvalue weighted by molar-refractivity contribution is -0.137. The fraction of sp³-hybridized carbons (Fsp3) is 0.462. The first-order valence-corrected chi connectivity index (χ1v) is 5.99. The molecule has 102 valence electrons. The van der Waals surface area contributed by atoms with Crippen LogP contribution in [-0.4, -0.2) is 18.2 Å². The predicted octanol–water partition coefficient (Wildman–Crippen LogP) is 3.61. The van der Waals surface area contributed by atoms with E-state index in [0.717, 1.165) is 16.9 Å². The average Bonchev–Trinajstić information content (AvgIpc) is 2.37. The summed E-state index contributed by atoms with van der Waals surface area (Å²) in [7, 11) is 1.60. The van der Waals surface area contributed by atoms with Gasteiger partial charge in [-0.15, -0.1) is 0 Å². The summed E-state index contributed by atoms with van der Waals surface area (Å²) >= 11 is 0. The first-order valence-electron chi connectivity index (χ1n) is 5.99. The fourth-order valence-electron chi connectivity index (χ4n) is 1.91. The highest BCUT2D eigenvalue weighted by Crippen LogP contribution is 2.28. The van der Waals surface area contributed by atoms with Crippen LogP contribution in [0.5, 0.6) is 5.75 Å². The first kappa shape index (κ1) is 14.9. The largest absolute Gasteiger partial charge is 0.496 e.